The van der Waals surface area contributed by atoms with Crippen LogP contribution in [0.5, 0.6) is 5.75 Å². The summed E-state index contributed by atoms with van der Waals surface area (Å²) in [6, 6.07) is 6.39. The van der Waals surface area contributed by atoms with Gasteiger partial charge in [-0.15, -0.1) is 0 Å². The van der Waals surface area contributed by atoms with Crippen LogP contribution in [0.2, 0.25) is 0 Å². The predicted molar refractivity (Wildman–Crippen MR) is 105 cm³/mol. The Morgan fingerprint density at radius 1 is 1.29 bits per heavy atom. The first-order valence-corrected chi connectivity index (χ1v) is 10.3. The van der Waals surface area contributed by atoms with Crippen LogP contribution in [0.25, 0.3) is 10.9 Å². The molecule has 2 aliphatic heterocycles. The second-order valence-electron chi connectivity index (χ2n) is 8.51. The fraction of sp³-hybridized carbons (Fsp3) is 0.591. The van der Waals surface area contributed by atoms with Gasteiger partial charge in [0.05, 0.1) is 32.3 Å². The number of hydrogen-bond donors (Lipinski definition) is 2. The van der Waals surface area contributed by atoms with Gasteiger partial charge in [0, 0.05) is 29.7 Å². The minimum Gasteiger partial charge on any atom is -0.496 e. The molecule has 28 heavy (non-hydrogen) atoms. The van der Waals surface area contributed by atoms with Crippen LogP contribution < -0.4 is 4.74 Å². The average Bonchev–Trinajstić information content (AvgIpc) is 3.11. The number of piperidine rings is 1. The monoisotopic (exact) mass is 384 g/mol. The highest BCUT2D eigenvalue weighted by molar-refractivity contribution is 5.91. The highest BCUT2D eigenvalue weighted by Crippen LogP contribution is 2.50. The van der Waals surface area contributed by atoms with Gasteiger partial charge in [0.15, 0.2) is 0 Å². The van der Waals surface area contributed by atoms with Crippen molar-refractivity contribution < 1.29 is 19.4 Å². The Balaban J connectivity index is 1.54. The van der Waals surface area contributed by atoms with Crippen molar-refractivity contribution in [2.75, 3.05) is 27.3 Å². The molecule has 1 aliphatic carbocycles. The standard InChI is InChI=1S/C22H28N2O4/c1-27-18-5-3-4-15-19(18)13-8-9-24-11-12-6-7-17(25)20(22(26)28-2)14(12)10-16(24)21(13)23-15/h3-5,12,14,16-17,20,23,25H,6-11H2,1-2H3. The first-order chi connectivity index (χ1) is 13.6. The van der Waals surface area contributed by atoms with Crippen molar-refractivity contribution >= 4 is 16.9 Å². The molecule has 2 aromatic rings. The van der Waals surface area contributed by atoms with E-state index in [2.05, 4.69) is 16.0 Å². The van der Waals surface area contributed by atoms with E-state index in [1.165, 1.54) is 23.8 Å². The zero-order valence-electron chi connectivity index (χ0n) is 16.5. The summed E-state index contributed by atoms with van der Waals surface area (Å²) in [4.78, 5) is 18.7. The van der Waals surface area contributed by atoms with E-state index < -0.39 is 12.0 Å². The van der Waals surface area contributed by atoms with Gasteiger partial charge in [-0.1, -0.05) is 6.07 Å². The number of fused-ring (bicyclic) bond motifs is 6. The lowest BCUT2D eigenvalue weighted by Crippen LogP contribution is -2.53. The molecule has 0 bridgehead atoms. The quantitative estimate of drug-likeness (QED) is 0.779. The molecule has 5 atom stereocenters. The van der Waals surface area contributed by atoms with E-state index in [9.17, 15) is 9.90 Å². The minimum absolute atomic E-state index is 0.164. The Morgan fingerprint density at radius 2 is 2.14 bits per heavy atom. The summed E-state index contributed by atoms with van der Waals surface area (Å²) in [6.45, 7) is 2.01. The molecular formula is C22H28N2O4. The maximum Gasteiger partial charge on any atom is 0.311 e. The molecule has 6 heteroatoms. The van der Waals surface area contributed by atoms with Crippen LogP contribution in [0.4, 0.5) is 0 Å². The van der Waals surface area contributed by atoms with Gasteiger partial charge in [-0.25, -0.2) is 0 Å². The lowest BCUT2D eigenvalue weighted by atomic mass is 9.65. The van der Waals surface area contributed by atoms with Crippen LogP contribution in [-0.4, -0.2) is 54.4 Å². The number of aliphatic hydroxyl groups excluding tert-OH is 1. The van der Waals surface area contributed by atoms with Crippen molar-refractivity contribution in [2.45, 2.75) is 37.8 Å². The number of esters is 1. The molecule has 0 amide bonds. The van der Waals surface area contributed by atoms with Gasteiger partial charge in [-0.2, -0.15) is 0 Å². The van der Waals surface area contributed by atoms with Crippen molar-refractivity contribution in [3.63, 3.8) is 0 Å². The highest BCUT2D eigenvalue weighted by Gasteiger charge is 2.49. The van der Waals surface area contributed by atoms with E-state index in [-0.39, 0.29) is 17.9 Å². The van der Waals surface area contributed by atoms with Crippen LogP contribution in [0.3, 0.4) is 0 Å². The van der Waals surface area contributed by atoms with Gasteiger partial charge >= 0.3 is 5.97 Å². The van der Waals surface area contributed by atoms with Gasteiger partial charge in [-0.3, -0.25) is 9.69 Å². The summed E-state index contributed by atoms with van der Waals surface area (Å²) >= 11 is 0. The van der Waals surface area contributed by atoms with Gasteiger partial charge in [0.2, 0.25) is 0 Å². The van der Waals surface area contributed by atoms with Crippen molar-refractivity contribution in [1.82, 2.24) is 9.88 Å². The van der Waals surface area contributed by atoms with Crippen molar-refractivity contribution in [3.05, 3.63) is 29.5 Å². The first-order valence-electron chi connectivity index (χ1n) is 10.3. The Bertz CT molecular complexity index is 907. The van der Waals surface area contributed by atoms with Gasteiger partial charge < -0.3 is 19.6 Å². The first kappa shape index (κ1) is 18.0. The molecule has 1 saturated heterocycles. The van der Waals surface area contributed by atoms with E-state index in [0.717, 1.165) is 43.6 Å². The van der Waals surface area contributed by atoms with Gasteiger partial charge in [-0.05, 0) is 55.2 Å². The van der Waals surface area contributed by atoms with Gasteiger partial charge in [0.1, 0.15) is 5.75 Å². The number of aliphatic hydroxyl groups is 1. The van der Waals surface area contributed by atoms with E-state index in [1.54, 1.807) is 7.11 Å². The second-order valence-corrected chi connectivity index (χ2v) is 8.51. The summed E-state index contributed by atoms with van der Waals surface area (Å²) in [7, 11) is 3.15. The molecule has 0 spiro atoms. The van der Waals surface area contributed by atoms with Crippen molar-refractivity contribution in [1.29, 1.82) is 0 Å². The number of aromatic nitrogens is 1. The molecule has 6 nitrogen and oxygen atoms in total. The molecule has 0 radical (unpaired) electrons. The number of rotatable bonds is 2. The minimum atomic E-state index is -0.592. The molecule has 3 aliphatic rings. The second kappa shape index (κ2) is 6.78. The highest BCUT2D eigenvalue weighted by atomic mass is 16.5. The third-order valence-electron chi connectivity index (χ3n) is 7.32. The number of benzene rings is 1. The van der Waals surface area contributed by atoms with Crippen LogP contribution in [0, 0.1) is 17.8 Å². The largest absolute Gasteiger partial charge is 0.496 e. The van der Waals surface area contributed by atoms with Crippen molar-refractivity contribution in [2.24, 2.45) is 17.8 Å². The van der Waals surface area contributed by atoms with Crippen molar-refractivity contribution in [3.8, 4) is 5.75 Å². The number of carbonyl (C=O) groups is 1. The lowest BCUT2D eigenvalue weighted by Gasteiger charge is -2.50. The summed E-state index contributed by atoms with van der Waals surface area (Å²) in [6.07, 6.45) is 2.96. The number of ether oxygens (including phenoxy) is 2. The predicted octanol–water partition coefficient (Wildman–Crippen LogP) is 2.66. The molecule has 5 rings (SSSR count). The van der Waals surface area contributed by atoms with E-state index in [1.807, 2.05) is 12.1 Å². The number of nitrogens with zero attached hydrogens (tertiary/aromatic N) is 1. The number of H-pyrrole nitrogens is 1. The maximum absolute atomic E-state index is 12.4. The zero-order chi connectivity index (χ0) is 19.4. The number of hydrogen-bond acceptors (Lipinski definition) is 5. The Labute approximate surface area is 164 Å². The fourth-order valence-corrected chi connectivity index (χ4v) is 6.04. The molecule has 1 aromatic carbocycles. The van der Waals surface area contributed by atoms with Gasteiger partial charge in [0.25, 0.3) is 0 Å². The summed E-state index contributed by atoms with van der Waals surface area (Å²) in [5.41, 5.74) is 3.72. The van der Waals surface area contributed by atoms with E-state index in [4.69, 9.17) is 9.47 Å². The smallest absolute Gasteiger partial charge is 0.311 e. The summed E-state index contributed by atoms with van der Waals surface area (Å²) in [5, 5.41) is 11.7. The average molecular weight is 384 g/mol. The Hall–Kier alpha value is -2.05. The Morgan fingerprint density at radius 3 is 2.93 bits per heavy atom. The van der Waals surface area contributed by atoms with Crippen LogP contribution in [-0.2, 0) is 16.0 Å². The molecule has 150 valence electrons. The Kier molecular flexibility index (Phi) is 4.36. The molecule has 5 unspecified atom stereocenters. The summed E-state index contributed by atoms with van der Waals surface area (Å²) < 4.78 is 10.7. The topological polar surface area (TPSA) is 74.8 Å². The normalized spacial score (nSPS) is 32.3. The number of carbonyl (C=O) groups excluding carboxylic acids is 1. The lowest BCUT2D eigenvalue weighted by molar-refractivity contribution is -0.160. The van der Waals surface area contributed by atoms with Crippen LogP contribution in [0.15, 0.2) is 18.2 Å². The third kappa shape index (κ3) is 2.58. The fourth-order valence-electron chi connectivity index (χ4n) is 6.04. The SMILES string of the molecule is COC(=O)C1C(O)CCC2CN3CCc4c([nH]c5cccc(OC)c45)C3CC21. The van der Waals surface area contributed by atoms with E-state index in [0.29, 0.717) is 12.3 Å². The maximum atomic E-state index is 12.4. The molecule has 3 heterocycles. The molecular weight excluding hydrogens is 356 g/mol. The molecule has 2 fully saturated rings. The van der Waals surface area contributed by atoms with Crippen LogP contribution >= 0.6 is 0 Å². The number of aromatic amines is 1. The third-order valence-corrected chi connectivity index (χ3v) is 7.32. The molecule has 2 N–H and O–H groups in total. The van der Waals surface area contributed by atoms with E-state index >= 15 is 0 Å². The molecule has 1 aromatic heterocycles. The number of nitrogens with one attached hydrogen (secondary N) is 1. The summed E-state index contributed by atoms with van der Waals surface area (Å²) in [5.74, 6) is 0.860. The number of methoxy groups -OCH3 is 2. The zero-order valence-corrected chi connectivity index (χ0v) is 16.5. The molecule has 1 saturated carbocycles. The van der Waals surface area contributed by atoms with Crippen LogP contribution in [0.1, 0.15) is 36.6 Å².